The average Bonchev–Trinajstić information content (AvgIpc) is 2.85. The van der Waals surface area contributed by atoms with Crippen molar-refractivity contribution in [3.8, 4) is 11.5 Å². The predicted molar refractivity (Wildman–Crippen MR) is 72.9 cm³/mol. The third-order valence-corrected chi connectivity index (χ3v) is 3.38. The van der Waals surface area contributed by atoms with Crippen molar-refractivity contribution in [3.63, 3.8) is 0 Å². The first kappa shape index (κ1) is 14.7. The number of fused-ring (bicyclic) bond motifs is 1. The van der Waals surface area contributed by atoms with Gasteiger partial charge >= 0.3 is 5.97 Å². The molecule has 110 valence electrons. The van der Waals surface area contributed by atoms with Gasteiger partial charge in [-0.25, -0.2) is 0 Å². The number of benzene rings is 1. The van der Waals surface area contributed by atoms with E-state index in [-0.39, 0.29) is 6.79 Å². The molecule has 0 atom stereocenters. The summed E-state index contributed by atoms with van der Waals surface area (Å²) >= 11 is 0. The van der Waals surface area contributed by atoms with E-state index in [1.54, 1.807) is 13.8 Å². The molecule has 0 aromatic heterocycles. The Hall–Kier alpha value is -1.75. The van der Waals surface area contributed by atoms with Crippen LogP contribution in [0.4, 0.5) is 0 Å². The number of aliphatic carboxylic acids is 1. The van der Waals surface area contributed by atoms with Crippen molar-refractivity contribution in [2.75, 3.05) is 13.4 Å². The van der Waals surface area contributed by atoms with Gasteiger partial charge in [0.15, 0.2) is 11.5 Å². The first-order chi connectivity index (χ1) is 9.49. The number of ether oxygens (including phenoxy) is 3. The molecule has 5 nitrogen and oxygen atoms in total. The molecule has 0 saturated heterocycles. The minimum absolute atomic E-state index is 0.268. The minimum atomic E-state index is -0.770. The number of carbonyl (C=O) groups is 1. The van der Waals surface area contributed by atoms with E-state index >= 15 is 0 Å². The van der Waals surface area contributed by atoms with Gasteiger partial charge < -0.3 is 19.3 Å². The molecule has 0 bridgehead atoms. The van der Waals surface area contributed by atoms with Crippen molar-refractivity contribution in [2.24, 2.45) is 5.41 Å². The van der Waals surface area contributed by atoms with Gasteiger partial charge in [0.1, 0.15) is 0 Å². The Morgan fingerprint density at radius 2 is 2.10 bits per heavy atom. The van der Waals surface area contributed by atoms with Crippen LogP contribution in [0.2, 0.25) is 0 Å². The van der Waals surface area contributed by atoms with E-state index < -0.39 is 11.4 Å². The van der Waals surface area contributed by atoms with Gasteiger partial charge in [-0.2, -0.15) is 0 Å². The summed E-state index contributed by atoms with van der Waals surface area (Å²) in [4.78, 5) is 10.9. The van der Waals surface area contributed by atoms with Crippen molar-refractivity contribution in [3.05, 3.63) is 23.8 Å². The lowest BCUT2D eigenvalue weighted by molar-refractivity contribution is -0.147. The summed E-state index contributed by atoms with van der Waals surface area (Å²) in [7, 11) is 0. The highest BCUT2D eigenvalue weighted by atomic mass is 16.7. The largest absolute Gasteiger partial charge is 0.481 e. The van der Waals surface area contributed by atoms with Crippen molar-refractivity contribution in [1.29, 1.82) is 0 Å². The SMILES string of the molecule is CC(C)(CCCOCc1ccc2c(c1)OCO2)C(=O)O. The fourth-order valence-corrected chi connectivity index (χ4v) is 1.94. The Kier molecular flexibility index (Phi) is 4.49. The summed E-state index contributed by atoms with van der Waals surface area (Å²) < 4.78 is 16.1. The van der Waals surface area contributed by atoms with Crippen LogP contribution in [0.5, 0.6) is 11.5 Å². The number of hydrogen-bond acceptors (Lipinski definition) is 4. The third-order valence-electron chi connectivity index (χ3n) is 3.38. The lowest BCUT2D eigenvalue weighted by Gasteiger charge is -2.18. The van der Waals surface area contributed by atoms with Gasteiger partial charge in [-0.3, -0.25) is 4.79 Å². The Labute approximate surface area is 118 Å². The van der Waals surface area contributed by atoms with Crippen LogP contribution in [0.3, 0.4) is 0 Å². The van der Waals surface area contributed by atoms with Crippen molar-refractivity contribution < 1.29 is 24.1 Å². The van der Waals surface area contributed by atoms with E-state index in [9.17, 15) is 4.79 Å². The van der Waals surface area contributed by atoms with E-state index in [1.165, 1.54) is 0 Å². The molecular formula is C15H20O5. The zero-order valence-corrected chi connectivity index (χ0v) is 11.8. The Balaban J connectivity index is 1.70. The Morgan fingerprint density at radius 3 is 2.85 bits per heavy atom. The molecule has 0 saturated carbocycles. The fourth-order valence-electron chi connectivity index (χ4n) is 1.94. The summed E-state index contributed by atoms with van der Waals surface area (Å²) in [6.07, 6.45) is 1.33. The van der Waals surface area contributed by atoms with E-state index in [2.05, 4.69) is 0 Å². The summed E-state index contributed by atoms with van der Waals surface area (Å²) in [6.45, 7) is 4.76. The lowest BCUT2D eigenvalue weighted by Crippen LogP contribution is -2.23. The average molecular weight is 280 g/mol. The van der Waals surface area contributed by atoms with E-state index in [1.807, 2.05) is 18.2 Å². The molecule has 1 aliphatic heterocycles. The molecule has 1 aromatic carbocycles. The molecule has 20 heavy (non-hydrogen) atoms. The van der Waals surface area contributed by atoms with Crippen LogP contribution in [-0.4, -0.2) is 24.5 Å². The monoisotopic (exact) mass is 280 g/mol. The molecule has 0 unspecified atom stereocenters. The molecule has 1 aliphatic rings. The van der Waals surface area contributed by atoms with Crippen LogP contribution in [0, 0.1) is 5.41 Å². The van der Waals surface area contributed by atoms with Gasteiger partial charge in [0.25, 0.3) is 0 Å². The summed E-state index contributed by atoms with van der Waals surface area (Å²) in [5, 5.41) is 9.00. The van der Waals surface area contributed by atoms with Crippen LogP contribution in [0.25, 0.3) is 0 Å². The molecule has 1 N–H and O–H groups in total. The molecule has 1 aromatic rings. The molecule has 0 fully saturated rings. The van der Waals surface area contributed by atoms with Crippen LogP contribution >= 0.6 is 0 Å². The maximum atomic E-state index is 10.9. The Morgan fingerprint density at radius 1 is 1.35 bits per heavy atom. The molecule has 0 aliphatic carbocycles. The van der Waals surface area contributed by atoms with Crippen molar-refractivity contribution >= 4 is 5.97 Å². The fraction of sp³-hybridized carbons (Fsp3) is 0.533. The topological polar surface area (TPSA) is 65.0 Å². The molecule has 5 heteroatoms. The maximum absolute atomic E-state index is 10.9. The van der Waals surface area contributed by atoms with Crippen LogP contribution < -0.4 is 9.47 Å². The number of carboxylic acids is 1. The van der Waals surface area contributed by atoms with Crippen molar-refractivity contribution in [2.45, 2.75) is 33.3 Å². The highest BCUT2D eigenvalue weighted by Gasteiger charge is 2.26. The standard InChI is InChI=1S/C15H20O5/c1-15(2,14(16)17)6-3-7-18-9-11-4-5-12-13(8-11)20-10-19-12/h4-5,8H,3,6-7,9-10H2,1-2H3,(H,16,17). The van der Waals surface area contributed by atoms with Gasteiger partial charge in [0.05, 0.1) is 12.0 Å². The predicted octanol–water partition coefficient (Wildman–Crippen LogP) is 2.82. The first-order valence-electron chi connectivity index (χ1n) is 6.69. The number of hydrogen-bond donors (Lipinski definition) is 1. The van der Waals surface area contributed by atoms with Gasteiger partial charge in [-0.05, 0) is 44.4 Å². The molecular weight excluding hydrogens is 260 g/mol. The molecule has 0 radical (unpaired) electrons. The van der Waals surface area contributed by atoms with Gasteiger partial charge in [0.2, 0.25) is 6.79 Å². The van der Waals surface area contributed by atoms with Gasteiger partial charge in [0, 0.05) is 6.61 Å². The van der Waals surface area contributed by atoms with Crippen LogP contribution in [-0.2, 0) is 16.1 Å². The molecule has 2 rings (SSSR count). The highest BCUT2D eigenvalue weighted by Crippen LogP contribution is 2.32. The van der Waals surface area contributed by atoms with Crippen LogP contribution in [0.15, 0.2) is 18.2 Å². The first-order valence-corrected chi connectivity index (χ1v) is 6.69. The molecule has 1 heterocycles. The second kappa shape index (κ2) is 6.13. The Bertz CT molecular complexity index is 481. The summed E-state index contributed by atoms with van der Waals surface area (Å²) in [5.74, 6) is 0.739. The van der Waals surface area contributed by atoms with E-state index in [0.29, 0.717) is 19.6 Å². The zero-order chi connectivity index (χ0) is 14.6. The highest BCUT2D eigenvalue weighted by molar-refractivity contribution is 5.73. The third kappa shape index (κ3) is 3.63. The van der Waals surface area contributed by atoms with Gasteiger partial charge in [-0.1, -0.05) is 6.07 Å². The van der Waals surface area contributed by atoms with E-state index in [0.717, 1.165) is 23.5 Å². The second-order valence-electron chi connectivity index (χ2n) is 5.53. The molecule has 0 spiro atoms. The lowest BCUT2D eigenvalue weighted by atomic mass is 9.88. The zero-order valence-electron chi connectivity index (χ0n) is 11.8. The smallest absolute Gasteiger partial charge is 0.309 e. The number of rotatable bonds is 7. The second-order valence-corrected chi connectivity index (χ2v) is 5.53. The van der Waals surface area contributed by atoms with Gasteiger partial charge in [-0.15, -0.1) is 0 Å². The maximum Gasteiger partial charge on any atom is 0.309 e. The van der Waals surface area contributed by atoms with E-state index in [4.69, 9.17) is 19.3 Å². The summed E-state index contributed by atoms with van der Waals surface area (Å²) in [5.41, 5.74) is 0.328. The van der Waals surface area contributed by atoms with Crippen LogP contribution in [0.1, 0.15) is 32.3 Å². The number of carboxylic acid groups (broad SMARTS) is 1. The quantitative estimate of drug-likeness (QED) is 0.778. The normalized spacial score (nSPS) is 13.5. The summed E-state index contributed by atoms with van der Waals surface area (Å²) in [6, 6.07) is 5.72. The van der Waals surface area contributed by atoms with Crippen molar-refractivity contribution in [1.82, 2.24) is 0 Å². The molecule has 0 amide bonds. The minimum Gasteiger partial charge on any atom is -0.481 e.